The first-order valence-corrected chi connectivity index (χ1v) is 3.80. The number of ether oxygens (including phenoxy) is 2. The molecule has 0 radical (unpaired) electrons. The highest BCUT2D eigenvalue weighted by molar-refractivity contribution is 5.75. The molecule has 1 amide bonds. The standard InChI is InChI=1S/C4H9NO.C4H10O2/c1-3(2)4(5)6;1-4(5-2)6-3/h3H,1-2H3,(H2,5,6);4H,1-3H3. The maximum Gasteiger partial charge on any atom is 0.219 e. The van der Waals surface area contributed by atoms with Crippen molar-refractivity contribution in [1.29, 1.82) is 0 Å². The summed E-state index contributed by atoms with van der Waals surface area (Å²) in [5, 5.41) is 0. The number of carbonyl (C=O) groups is 1. The van der Waals surface area contributed by atoms with Gasteiger partial charge in [0.2, 0.25) is 5.91 Å². The Morgan fingerprint density at radius 1 is 1.17 bits per heavy atom. The number of carbonyl (C=O) groups excluding carboxylic acids is 1. The van der Waals surface area contributed by atoms with Crippen molar-refractivity contribution in [2.24, 2.45) is 11.7 Å². The van der Waals surface area contributed by atoms with Crippen molar-refractivity contribution in [2.45, 2.75) is 27.1 Å². The lowest BCUT2D eigenvalue weighted by Gasteiger charge is -2.03. The average molecular weight is 177 g/mol. The molecule has 0 aromatic rings. The maximum atomic E-state index is 9.92. The molecule has 0 heterocycles. The van der Waals surface area contributed by atoms with Crippen molar-refractivity contribution in [2.75, 3.05) is 14.2 Å². The van der Waals surface area contributed by atoms with E-state index in [1.807, 2.05) is 6.92 Å². The second-order valence-corrected chi connectivity index (χ2v) is 2.60. The Labute approximate surface area is 74.0 Å². The molecule has 2 N–H and O–H groups in total. The van der Waals surface area contributed by atoms with E-state index in [1.54, 1.807) is 28.1 Å². The van der Waals surface area contributed by atoms with Crippen LogP contribution in [0.5, 0.6) is 0 Å². The molecule has 4 nitrogen and oxygen atoms in total. The van der Waals surface area contributed by atoms with Crippen LogP contribution in [0, 0.1) is 5.92 Å². The van der Waals surface area contributed by atoms with Gasteiger partial charge in [0.25, 0.3) is 0 Å². The second-order valence-electron chi connectivity index (χ2n) is 2.60. The van der Waals surface area contributed by atoms with Crippen LogP contribution in [-0.2, 0) is 14.3 Å². The number of hydrogen-bond donors (Lipinski definition) is 1. The zero-order valence-corrected chi connectivity index (χ0v) is 8.46. The fraction of sp³-hybridized carbons (Fsp3) is 0.875. The Balaban J connectivity index is 0. The molecule has 0 saturated carbocycles. The van der Waals surface area contributed by atoms with Crippen molar-refractivity contribution in [3.8, 4) is 0 Å². The molecule has 0 fully saturated rings. The van der Waals surface area contributed by atoms with Crippen LogP contribution in [0.4, 0.5) is 0 Å². The topological polar surface area (TPSA) is 61.6 Å². The maximum absolute atomic E-state index is 9.92. The molecule has 0 aliphatic carbocycles. The van der Waals surface area contributed by atoms with Gasteiger partial charge in [-0.3, -0.25) is 4.79 Å². The van der Waals surface area contributed by atoms with Gasteiger partial charge in [0.15, 0.2) is 6.29 Å². The largest absolute Gasteiger partial charge is 0.369 e. The first-order chi connectivity index (χ1) is 5.45. The Bertz CT molecular complexity index is 111. The van der Waals surface area contributed by atoms with E-state index >= 15 is 0 Å². The van der Waals surface area contributed by atoms with E-state index in [0.29, 0.717) is 0 Å². The Morgan fingerprint density at radius 3 is 1.42 bits per heavy atom. The number of primary amides is 1. The molecule has 0 rings (SSSR count). The number of methoxy groups -OCH3 is 2. The van der Waals surface area contributed by atoms with Crippen LogP contribution in [-0.4, -0.2) is 26.4 Å². The van der Waals surface area contributed by atoms with E-state index in [0.717, 1.165) is 0 Å². The molecular weight excluding hydrogens is 158 g/mol. The van der Waals surface area contributed by atoms with Crippen LogP contribution >= 0.6 is 0 Å². The number of rotatable bonds is 3. The molecule has 0 bridgehead atoms. The van der Waals surface area contributed by atoms with Crippen molar-refractivity contribution in [1.82, 2.24) is 0 Å². The van der Waals surface area contributed by atoms with Crippen LogP contribution in [0.1, 0.15) is 20.8 Å². The fourth-order valence-electron chi connectivity index (χ4n) is 0.0962. The fourth-order valence-corrected chi connectivity index (χ4v) is 0.0962. The Morgan fingerprint density at radius 2 is 1.42 bits per heavy atom. The number of nitrogens with two attached hydrogens (primary N) is 1. The molecule has 0 aliphatic rings. The highest BCUT2D eigenvalue weighted by Crippen LogP contribution is 1.84. The Kier molecular flexibility index (Phi) is 9.86. The van der Waals surface area contributed by atoms with Crippen molar-refractivity contribution < 1.29 is 14.3 Å². The molecule has 4 heteroatoms. The summed E-state index contributed by atoms with van der Waals surface area (Å²) in [6.07, 6.45) is -0.0648. The first-order valence-electron chi connectivity index (χ1n) is 3.80. The number of hydrogen-bond acceptors (Lipinski definition) is 3. The third-order valence-corrected chi connectivity index (χ3v) is 1.23. The van der Waals surface area contributed by atoms with Gasteiger partial charge in [0, 0.05) is 20.1 Å². The van der Waals surface area contributed by atoms with Gasteiger partial charge in [0.05, 0.1) is 0 Å². The summed E-state index contributed by atoms with van der Waals surface area (Å²) in [4.78, 5) is 9.92. The van der Waals surface area contributed by atoms with Gasteiger partial charge >= 0.3 is 0 Å². The lowest BCUT2D eigenvalue weighted by Crippen LogP contribution is -2.17. The van der Waals surface area contributed by atoms with Crippen LogP contribution in [0.15, 0.2) is 0 Å². The lowest BCUT2D eigenvalue weighted by atomic mass is 10.2. The summed E-state index contributed by atoms with van der Waals surface area (Å²) in [5.41, 5.74) is 4.80. The monoisotopic (exact) mass is 177 g/mol. The van der Waals surface area contributed by atoms with Crippen molar-refractivity contribution in [3.63, 3.8) is 0 Å². The summed E-state index contributed by atoms with van der Waals surface area (Å²) in [7, 11) is 3.21. The van der Waals surface area contributed by atoms with E-state index < -0.39 is 0 Å². The number of amides is 1. The van der Waals surface area contributed by atoms with E-state index in [-0.39, 0.29) is 18.1 Å². The van der Waals surface area contributed by atoms with Gasteiger partial charge in [-0.2, -0.15) is 0 Å². The van der Waals surface area contributed by atoms with Gasteiger partial charge in [-0.05, 0) is 6.92 Å². The van der Waals surface area contributed by atoms with E-state index in [4.69, 9.17) is 5.73 Å². The molecule has 0 aromatic heterocycles. The van der Waals surface area contributed by atoms with Crippen LogP contribution < -0.4 is 5.73 Å². The third kappa shape index (κ3) is 12.1. The lowest BCUT2D eigenvalue weighted by molar-refractivity contribution is -0.120. The third-order valence-electron chi connectivity index (χ3n) is 1.23. The summed E-state index contributed by atoms with van der Waals surface area (Å²) in [6.45, 7) is 5.37. The summed E-state index contributed by atoms with van der Waals surface area (Å²) < 4.78 is 9.35. The zero-order valence-electron chi connectivity index (χ0n) is 8.46. The molecule has 0 saturated heterocycles. The summed E-state index contributed by atoms with van der Waals surface area (Å²) >= 11 is 0. The van der Waals surface area contributed by atoms with Gasteiger partial charge < -0.3 is 15.2 Å². The minimum absolute atomic E-state index is 0.00926. The predicted octanol–water partition coefficient (Wildman–Crippen LogP) is 0.753. The predicted molar refractivity (Wildman–Crippen MR) is 47.5 cm³/mol. The smallest absolute Gasteiger partial charge is 0.219 e. The van der Waals surface area contributed by atoms with Crippen LogP contribution in [0.25, 0.3) is 0 Å². The molecule has 0 spiro atoms. The molecule has 0 aliphatic heterocycles. The van der Waals surface area contributed by atoms with Crippen LogP contribution in [0.2, 0.25) is 0 Å². The minimum Gasteiger partial charge on any atom is -0.369 e. The van der Waals surface area contributed by atoms with Gasteiger partial charge in [-0.1, -0.05) is 13.8 Å². The van der Waals surface area contributed by atoms with E-state index in [1.165, 1.54) is 0 Å². The van der Waals surface area contributed by atoms with Gasteiger partial charge in [-0.25, -0.2) is 0 Å². The Hall–Kier alpha value is -0.610. The first kappa shape index (κ1) is 13.9. The van der Waals surface area contributed by atoms with Crippen LogP contribution in [0.3, 0.4) is 0 Å². The molecule has 0 unspecified atom stereocenters. The molecule has 74 valence electrons. The molecule has 12 heavy (non-hydrogen) atoms. The van der Waals surface area contributed by atoms with E-state index in [9.17, 15) is 4.79 Å². The molecule has 0 aromatic carbocycles. The van der Waals surface area contributed by atoms with Gasteiger partial charge in [0.1, 0.15) is 0 Å². The van der Waals surface area contributed by atoms with Crippen molar-refractivity contribution in [3.05, 3.63) is 0 Å². The zero-order chi connectivity index (χ0) is 10.1. The summed E-state index contributed by atoms with van der Waals surface area (Å²) in [6, 6.07) is 0. The van der Waals surface area contributed by atoms with E-state index in [2.05, 4.69) is 9.47 Å². The second kappa shape index (κ2) is 8.49. The molecular formula is C8H19NO3. The minimum atomic E-state index is -0.241. The highest BCUT2D eigenvalue weighted by atomic mass is 16.7. The summed E-state index contributed by atoms with van der Waals surface area (Å²) in [5.74, 6) is -0.250. The van der Waals surface area contributed by atoms with Gasteiger partial charge in [-0.15, -0.1) is 0 Å². The quantitative estimate of drug-likeness (QED) is 0.647. The highest BCUT2D eigenvalue weighted by Gasteiger charge is 1.96. The van der Waals surface area contributed by atoms with Crippen molar-refractivity contribution >= 4 is 5.91 Å². The molecule has 0 atom stereocenters. The normalized spacial score (nSPS) is 9.58. The average Bonchev–Trinajstić information content (AvgIpc) is 2.04. The SMILES string of the molecule is CC(C)C(N)=O.COC(C)OC.